The summed E-state index contributed by atoms with van der Waals surface area (Å²) in [5.74, 6) is 0.416. The van der Waals surface area contributed by atoms with Crippen molar-refractivity contribution in [3.8, 4) is 5.75 Å². The lowest BCUT2D eigenvalue weighted by Gasteiger charge is -2.07. The summed E-state index contributed by atoms with van der Waals surface area (Å²) in [5.41, 5.74) is 2.26. The fourth-order valence-electron chi connectivity index (χ4n) is 1.87. The number of hydrogen-bond acceptors (Lipinski definition) is 3. The van der Waals surface area contributed by atoms with Gasteiger partial charge in [-0.1, -0.05) is 24.2 Å². The Bertz CT molecular complexity index is 594. The van der Waals surface area contributed by atoms with E-state index in [2.05, 4.69) is 5.16 Å². The molecule has 0 aliphatic carbocycles. The van der Waals surface area contributed by atoms with Gasteiger partial charge in [-0.05, 0) is 53.9 Å². The minimum Gasteiger partial charge on any atom is -0.489 e. The van der Waals surface area contributed by atoms with Crippen LogP contribution >= 0.6 is 0 Å². The highest BCUT2D eigenvalue weighted by Crippen LogP contribution is 2.16. The number of hydrogen-bond donors (Lipinski definition) is 1. The Kier molecular flexibility index (Phi) is 4.71. The highest BCUT2D eigenvalue weighted by atomic mass is 19.1. The monoisotopic (exact) mass is 273 g/mol. The van der Waals surface area contributed by atoms with Crippen LogP contribution in [0.3, 0.4) is 0 Å². The molecular weight excluding hydrogens is 257 g/mol. The molecule has 104 valence electrons. The van der Waals surface area contributed by atoms with E-state index in [-0.39, 0.29) is 5.82 Å². The number of halogens is 1. The molecule has 0 saturated carbocycles. The molecule has 2 rings (SSSR count). The zero-order chi connectivity index (χ0) is 14.4. The molecule has 20 heavy (non-hydrogen) atoms. The first-order valence-corrected chi connectivity index (χ1v) is 6.41. The highest BCUT2D eigenvalue weighted by Gasteiger charge is 2.02. The molecule has 2 aromatic carbocycles. The Hall–Kier alpha value is -2.36. The van der Waals surface area contributed by atoms with E-state index in [1.165, 1.54) is 12.1 Å². The van der Waals surface area contributed by atoms with E-state index >= 15 is 0 Å². The van der Waals surface area contributed by atoms with Crippen molar-refractivity contribution in [2.45, 2.75) is 20.0 Å². The van der Waals surface area contributed by atoms with Crippen LogP contribution in [-0.4, -0.2) is 10.9 Å². The van der Waals surface area contributed by atoms with Crippen LogP contribution in [0.15, 0.2) is 53.7 Å². The van der Waals surface area contributed by atoms with Crippen LogP contribution in [0.1, 0.15) is 24.5 Å². The summed E-state index contributed by atoms with van der Waals surface area (Å²) in [6.45, 7) is 2.23. The minimum absolute atomic E-state index is 0.270. The van der Waals surface area contributed by atoms with Crippen molar-refractivity contribution in [1.29, 1.82) is 0 Å². The maximum absolute atomic E-state index is 13.0. The van der Waals surface area contributed by atoms with Gasteiger partial charge in [-0.2, -0.15) is 0 Å². The predicted octanol–water partition coefficient (Wildman–Crippen LogP) is 3.99. The van der Waals surface area contributed by atoms with Crippen molar-refractivity contribution in [3.05, 3.63) is 65.5 Å². The third-order valence-electron chi connectivity index (χ3n) is 2.94. The van der Waals surface area contributed by atoms with E-state index in [1.54, 1.807) is 18.2 Å². The Morgan fingerprint density at radius 1 is 1.20 bits per heavy atom. The molecule has 0 amide bonds. The molecule has 0 aliphatic heterocycles. The Morgan fingerprint density at radius 2 is 1.95 bits per heavy atom. The van der Waals surface area contributed by atoms with Gasteiger partial charge >= 0.3 is 0 Å². The Labute approximate surface area is 117 Å². The van der Waals surface area contributed by atoms with Crippen LogP contribution in [0.2, 0.25) is 0 Å². The Morgan fingerprint density at radius 3 is 2.55 bits per heavy atom. The molecule has 0 aliphatic rings. The largest absolute Gasteiger partial charge is 0.489 e. The van der Waals surface area contributed by atoms with Gasteiger partial charge in [0.25, 0.3) is 0 Å². The topological polar surface area (TPSA) is 41.8 Å². The number of rotatable bonds is 5. The molecule has 2 aromatic rings. The molecule has 0 aromatic heterocycles. The maximum atomic E-state index is 13.0. The maximum Gasteiger partial charge on any atom is 0.123 e. The second-order valence-corrected chi connectivity index (χ2v) is 4.34. The van der Waals surface area contributed by atoms with Crippen molar-refractivity contribution in [2.24, 2.45) is 5.16 Å². The zero-order valence-corrected chi connectivity index (χ0v) is 11.2. The second kappa shape index (κ2) is 6.70. The molecule has 0 spiro atoms. The van der Waals surface area contributed by atoms with Crippen molar-refractivity contribution in [2.75, 3.05) is 0 Å². The van der Waals surface area contributed by atoms with Crippen LogP contribution in [0.25, 0.3) is 0 Å². The van der Waals surface area contributed by atoms with Gasteiger partial charge in [0, 0.05) is 0 Å². The van der Waals surface area contributed by atoms with Crippen LogP contribution < -0.4 is 4.74 Å². The smallest absolute Gasteiger partial charge is 0.123 e. The third kappa shape index (κ3) is 3.57. The van der Waals surface area contributed by atoms with Crippen molar-refractivity contribution in [3.63, 3.8) is 0 Å². The van der Waals surface area contributed by atoms with Crippen LogP contribution in [0.5, 0.6) is 5.75 Å². The molecule has 1 N–H and O–H groups in total. The summed E-state index contributed by atoms with van der Waals surface area (Å²) >= 11 is 0. The van der Waals surface area contributed by atoms with Gasteiger partial charge < -0.3 is 9.94 Å². The molecule has 0 unspecified atom stereocenters. The highest BCUT2D eigenvalue weighted by molar-refractivity contribution is 6.00. The number of benzene rings is 2. The van der Waals surface area contributed by atoms with Gasteiger partial charge in [0.15, 0.2) is 0 Å². The van der Waals surface area contributed by atoms with Gasteiger partial charge in [-0.3, -0.25) is 0 Å². The summed E-state index contributed by atoms with van der Waals surface area (Å²) in [7, 11) is 0. The van der Waals surface area contributed by atoms with E-state index in [9.17, 15) is 4.39 Å². The van der Waals surface area contributed by atoms with Crippen LogP contribution in [0, 0.1) is 5.82 Å². The van der Waals surface area contributed by atoms with Crippen molar-refractivity contribution in [1.82, 2.24) is 0 Å². The normalized spacial score (nSPS) is 11.4. The lowest BCUT2D eigenvalue weighted by molar-refractivity contribution is 0.305. The zero-order valence-electron chi connectivity index (χ0n) is 11.2. The van der Waals surface area contributed by atoms with E-state index in [4.69, 9.17) is 9.94 Å². The first-order valence-electron chi connectivity index (χ1n) is 6.41. The fourth-order valence-corrected chi connectivity index (χ4v) is 1.87. The quantitative estimate of drug-likeness (QED) is 0.508. The van der Waals surface area contributed by atoms with Crippen LogP contribution in [0.4, 0.5) is 4.39 Å². The number of ether oxygens (including phenoxy) is 1. The molecule has 0 radical (unpaired) electrons. The van der Waals surface area contributed by atoms with Gasteiger partial charge in [0.2, 0.25) is 0 Å². The van der Waals surface area contributed by atoms with E-state index in [0.717, 1.165) is 11.1 Å². The summed E-state index contributed by atoms with van der Waals surface area (Å²) in [6, 6.07) is 13.6. The molecule has 0 heterocycles. The number of nitrogens with zero attached hydrogens (tertiary/aromatic N) is 1. The fraction of sp³-hybridized carbons (Fsp3) is 0.188. The van der Waals surface area contributed by atoms with Crippen molar-refractivity contribution >= 4 is 5.71 Å². The van der Waals surface area contributed by atoms with E-state index < -0.39 is 0 Å². The molecule has 0 bridgehead atoms. The number of oxime groups is 1. The van der Waals surface area contributed by atoms with Crippen molar-refractivity contribution < 1.29 is 14.3 Å². The van der Waals surface area contributed by atoms with Gasteiger partial charge in [-0.15, -0.1) is 0 Å². The van der Waals surface area contributed by atoms with Gasteiger partial charge in [-0.25, -0.2) is 4.39 Å². The molecular formula is C16H16FNO2. The minimum atomic E-state index is -0.270. The van der Waals surface area contributed by atoms with Gasteiger partial charge in [0.05, 0.1) is 5.71 Å². The lowest BCUT2D eigenvalue weighted by Crippen LogP contribution is -2.00. The molecule has 0 atom stereocenters. The average molecular weight is 273 g/mol. The summed E-state index contributed by atoms with van der Waals surface area (Å²) in [4.78, 5) is 0. The molecule has 4 heteroatoms. The molecule has 3 nitrogen and oxygen atoms in total. The van der Waals surface area contributed by atoms with Gasteiger partial charge in [0.1, 0.15) is 18.2 Å². The first-order chi connectivity index (χ1) is 9.72. The average Bonchev–Trinajstić information content (AvgIpc) is 2.48. The predicted molar refractivity (Wildman–Crippen MR) is 75.8 cm³/mol. The molecule has 0 fully saturated rings. The SMILES string of the molecule is CCC(=NO)c1ccc(OCc2cccc(F)c2)cc1. The van der Waals surface area contributed by atoms with E-state index in [1.807, 2.05) is 25.1 Å². The summed E-state index contributed by atoms with van der Waals surface area (Å²) < 4.78 is 18.6. The standard InChI is InChI=1S/C16H16FNO2/c1-2-16(18-19)13-6-8-15(9-7-13)20-11-12-4-3-5-14(17)10-12/h3-10,19H,2,11H2,1H3. The third-order valence-corrected chi connectivity index (χ3v) is 2.94. The Balaban J connectivity index is 2.01. The van der Waals surface area contributed by atoms with E-state index in [0.29, 0.717) is 24.5 Å². The molecule has 0 saturated heterocycles. The second-order valence-electron chi connectivity index (χ2n) is 4.34. The summed E-state index contributed by atoms with van der Waals surface area (Å²) in [5, 5.41) is 12.1. The first kappa shape index (κ1) is 14.1. The lowest BCUT2D eigenvalue weighted by atomic mass is 10.1. The summed E-state index contributed by atoms with van der Waals surface area (Å²) in [6.07, 6.45) is 0.653. The van der Waals surface area contributed by atoms with Crippen LogP contribution in [-0.2, 0) is 6.61 Å².